The monoisotopic (exact) mass is 240 g/mol. The quantitative estimate of drug-likeness (QED) is 0.766. The van der Waals surface area contributed by atoms with Crippen molar-refractivity contribution in [3.8, 4) is 0 Å². The van der Waals surface area contributed by atoms with E-state index in [1.54, 1.807) is 0 Å². The van der Waals surface area contributed by atoms with Gasteiger partial charge in [-0.3, -0.25) is 4.79 Å². The number of esters is 1. The summed E-state index contributed by atoms with van der Waals surface area (Å²) in [6.45, 7) is 0. The molecule has 0 atom stereocenters. The maximum Gasteiger partial charge on any atom is 0.306 e. The fourth-order valence-electron chi connectivity index (χ4n) is 2.05. The van der Waals surface area contributed by atoms with Crippen molar-refractivity contribution in [2.45, 2.75) is 12.3 Å². The van der Waals surface area contributed by atoms with Crippen molar-refractivity contribution in [1.82, 2.24) is 0 Å². The first-order valence-electron chi connectivity index (χ1n) is 5.98. The van der Waals surface area contributed by atoms with E-state index >= 15 is 0 Å². The smallest absolute Gasteiger partial charge is 0.306 e. The molecule has 0 saturated heterocycles. The highest BCUT2D eigenvalue weighted by atomic mass is 16.5. The van der Waals surface area contributed by atoms with Gasteiger partial charge in [-0.25, -0.2) is 0 Å². The number of methoxy groups -OCH3 is 1. The number of carbonyl (C=O) groups is 1. The van der Waals surface area contributed by atoms with E-state index in [1.807, 2.05) is 60.7 Å². The van der Waals surface area contributed by atoms with Crippen molar-refractivity contribution in [1.29, 1.82) is 0 Å². The lowest BCUT2D eigenvalue weighted by Gasteiger charge is -2.16. The van der Waals surface area contributed by atoms with E-state index in [2.05, 4.69) is 0 Å². The molecule has 2 rings (SSSR count). The van der Waals surface area contributed by atoms with Gasteiger partial charge in [0.15, 0.2) is 0 Å². The molecule has 2 aromatic rings. The van der Waals surface area contributed by atoms with Gasteiger partial charge in [0.25, 0.3) is 0 Å². The fraction of sp³-hybridized carbons (Fsp3) is 0.188. The average molecular weight is 240 g/mol. The zero-order valence-electron chi connectivity index (χ0n) is 10.4. The van der Waals surface area contributed by atoms with Crippen LogP contribution in [0, 0.1) is 0 Å². The molecule has 0 aliphatic carbocycles. The Morgan fingerprint density at radius 3 is 1.78 bits per heavy atom. The zero-order valence-corrected chi connectivity index (χ0v) is 10.4. The Morgan fingerprint density at radius 2 is 1.39 bits per heavy atom. The molecule has 0 spiro atoms. The second-order valence-corrected chi connectivity index (χ2v) is 4.15. The lowest BCUT2D eigenvalue weighted by molar-refractivity contribution is -0.140. The zero-order chi connectivity index (χ0) is 12.8. The van der Waals surface area contributed by atoms with Crippen molar-refractivity contribution >= 4 is 5.97 Å². The van der Waals surface area contributed by atoms with Gasteiger partial charge in [0.05, 0.1) is 13.5 Å². The maximum atomic E-state index is 11.5. The number of carbonyl (C=O) groups excluding carboxylic acids is 1. The molecular formula is C16H16O2. The Balaban J connectivity index is 2.32. The molecular weight excluding hydrogens is 224 g/mol. The van der Waals surface area contributed by atoms with E-state index in [9.17, 15) is 4.79 Å². The van der Waals surface area contributed by atoms with Gasteiger partial charge in [-0.15, -0.1) is 0 Å². The first-order chi connectivity index (χ1) is 8.81. The number of benzene rings is 2. The van der Waals surface area contributed by atoms with Gasteiger partial charge in [0, 0.05) is 5.92 Å². The first kappa shape index (κ1) is 12.4. The normalized spacial score (nSPS) is 10.3. The van der Waals surface area contributed by atoms with Gasteiger partial charge < -0.3 is 4.74 Å². The molecule has 0 aliphatic heterocycles. The summed E-state index contributed by atoms with van der Waals surface area (Å²) in [6, 6.07) is 20.1. The van der Waals surface area contributed by atoms with Crippen molar-refractivity contribution in [2.24, 2.45) is 0 Å². The van der Waals surface area contributed by atoms with Crippen LogP contribution in [0.15, 0.2) is 60.7 Å². The Bertz CT molecular complexity index is 452. The lowest BCUT2D eigenvalue weighted by Crippen LogP contribution is -2.09. The first-order valence-corrected chi connectivity index (χ1v) is 5.98. The number of ether oxygens (including phenoxy) is 1. The van der Waals surface area contributed by atoms with E-state index in [1.165, 1.54) is 7.11 Å². The molecule has 0 N–H and O–H groups in total. The van der Waals surface area contributed by atoms with Crippen LogP contribution in [0.1, 0.15) is 23.5 Å². The Labute approximate surface area is 107 Å². The number of hydrogen-bond donors (Lipinski definition) is 0. The minimum atomic E-state index is -0.187. The van der Waals surface area contributed by atoms with Gasteiger partial charge >= 0.3 is 5.97 Å². The van der Waals surface area contributed by atoms with Gasteiger partial charge in [0.2, 0.25) is 0 Å². The number of hydrogen-bond acceptors (Lipinski definition) is 2. The average Bonchev–Trinajstić information content (AvgIpc) is 2.46. The van der Waals surface area contributed by atoms with Crippen LogP contribution in [-0.4, -0.2) is 13.1 Å². The topological polar surface area (TPSA) is 26.3 Å². The predicted octanol–water partition coefficient (Wildman–Crippen LogP) is 3.38. The van der Waals surface area contributed by atoms with Crippen LogP contribution in [0.4, 0.5) is 0 Å². The molecule has 2 heteroatoms. The highest BCUT2D eigenvalue weighted by Crippen LogP contribution is 2.27. The highest BCUT2D eigenvalue weighted by Gasteiger charge is 2.17. The minimum Gasteiger partial charge on any atom is -0.469 e. The summed E-state index contributed by atoms with van der Waals surface area (Å²) in [5.41, 5.74) is 2.27. The molecule has 0 radical (unpaired) electrons. The molecule has 0 unspecified atom stereocenters. The third-order valence-electron chi connectivity index (χ3n) is 3.00. The minimum absolute atomic E-state index is 0.0554. The van der Waals surface area contributed by atoms with E-state index in [0.29, 0.717) is 6.42 Å². The van der Waals surface area contributed by atoms with E-state index in [-0.39, 0.29) is 11.9 Å². The number of rotatable bonds is 4. The van der Waals surface area contributed by atoms with Crippen molar-refractivity contribution in [2.75, 3.05) is 7.11 Å². The molecule has 2 nitrogen and oxygen atoms in total. The highest BCUT2D eigenvalue weighted by molar-refractivity contribution is 5.71. The van der Waals surface area contributed by atoms with Gasteiger partial charge in [-0.1, -0.05) is 60.7 Å². The van der Waals surface area contributed by atoms with Gasteiger partial charge in [-0.2, -0.15) is 0 Å². The Hall–Kier alpha value is -2.09. The molecule has 2 aromatic carbocycles. The van der Waals surface area contributed by atoms with E-state index in [4.69, 9.17) is 4.74 Å². The maximum absolute atomic E-state index is 11.5. The summed E-state index contributed by atoms with van der Waals surface area (Å²) >= 11 is 0. The SMILES string of the molecule is COC(=O)CC(c1ccccc1)c1ccccc1. The van der Waals surface area contributed by atoms with Crippen molar-refractivity contribution in [3.63, 3.8) is 0 Å². The van der Waals surface area contributed by atoms with Crippen LogP contribution in [0.25, 0.3) is 0 Å². The van der Waals surface area contributed by atoms with Crippen LogP contribution < -0.4 is 0 Å². The summed E-state index contributed by atoms with van der Waals surface area (Å²) in [7, 11) is 1.43. The van der Waals surface area contributed by atoms with E-state index in [0.717, 1.165) is 11.1 Å². The third kappa shape index (κ3) is 2.98. The molecule has 0 bridgehead atoms. The Kier molecular flexibility index (Phi) is 4.13. The van der Waals surface area contributed by atoms with Crippen LogP contribution in [0.2, 0.25) is 0 Å². The summed E-state index contributed by atoms with van der Waals surface area (Å²) in [4.78, 5) is 11.5. The van der Waals surface area contributed by atoms with Crippen LogP contribution in [0.5, 0.6) is 0 Å². The summed E-state index contributed by atoms with van der Waals surface area (Å²) in [5.74, 6) is -0.132. The molecule has 0 saturated carbocycles. The largest absolute Gasteiger partial charge is 0.469 e. The van der Waals surface area contributed by atoms with E-state index < -0.39 is 0 Å². The lowest BCUT2D eigenvalue weighted by atomic mass is 9.89. The fourth-order valence-corrected chi connectivity index (χ4v) is 2.05. The summed E-state index contributed by atoms with van der Waals surface area (Å²) in [5, 5.41) is 0. The van der Waals surface area contributed by atoms with Crippen LogP contribution in [-0.2, 0) is 9.53 Å². The standard InChI is InChI=1S/C16H16O2/c1-18-16(17)12-15(13-8-4-2-5-9-13)14-10-6-3-7-11-14/h2-11,15H,12H2,1H3. The van der Waals surface area contributed by atoms with Crippen LogP contribution in [0.3, 0.4) is 0 Å². The Morgan fingerprint density at radius 1 is 0.944 bits per heavy atom. The summed E-state index contributed by atoms with van der Waals surface area (Å²) in [6.07, 6.45) is 0.366. The second kappa shape index (κ2) is 6.01. The summed E-state index contributed by atoms with van der Waals surface area (Å²) < 4.78 is 4.78. The molecule has 0 heterocycles. The van der Waals surface area contributed by atoms with Gasteiger partial charge in [0.1, 0.15) is 0 Å². The molecule has 92 valence electrons. The molecule has 0 fully saturated rings. The van der Waals surface area contributed by atoms with Crippen molar-refractivity contribution < 1.29 is 9.53 Å². The third-order valence-corrected chi connectivity index (χ3v) is 3.00. The van der Waals surface area contributed by atoms with Gasteiger partial charge in [-0.05, 0) is 11.1 Å². The van der Waals surface area contributed by atoms with Crippen LogP contribution >= 0.6 is 0 Å². The predicted molar refractivity (Wildman–Crippen MR) is 71.4 cm³/mol. The van der Waals surface area contributed by atoms with Crippen molar-refractivity contribution in [3.05, 3.63) is 71.8 Å². The second-order valence-electron chi connectivity index (χ2n) is 4.15. The molecule has 18 heavy (non-hydrogen) atoms. The molecule has 0 aliphatic rings. The molecule has 0 aromatic heterocycles. The molecule has 0 amide bonds.